The second kappa shape index (κ2) is 12.5. The molecule has 1 aromatic rings. The molecule has 1 aliphatic heterocycles. The molecule has 2 fully saturated rings. The summed E-state index contributed by atoms with van der Waals surface area (Å²) in [6.45, 7) is 5.84. The number of hydrogen-bond donors (Lipinski definition) is 5. The minimum Gasteiger partial charge on any atom is -0.399 e. The molecule has 172 valence electrons. The fraction of sp³-hybridized carbons (Fsp3) is 0.652. The largest absolute Gasteiger partial charge is 0.399 e. The molecule has 8 heteroatoms. The zero-order valence-electron chi connectivity index (χ0n) is 18.9. The Balaban J connectivity index is 1.61. The molecule has 7 N–H and O–H groups in total. The average Bonchev–Trinajstić information content (AvgIpc) is 3.07. The number of nitrogens with one attached hydrogen (secondary N) is 3. The molecule has 1 atom stereocenters. The standard InChI is InChI=1S/C23H40N8/c1-2-31-15-7-10-21(31)16-26-23(28-17-27-19-8-5-3-4-6-9-19)30-22(25)29-20-13-11-18(24)12-14-20/h11-14,19,21,27H,2-10,15-17,24H2,1H3,(H4,25,26,28,29,30). The van der Waals surface area contributed by atoms with Crippen LogP contribution in [0.4, 0.5) is 11.4 Å². The van der Waals surface area contributed by atoms with Crippen molar-refractivity contribution in [1.29, 1.82) is 0 Å². The molecule has 1 saturated heterocycles. The molecule has 8 nitrogen and oxygen atoms in total. The van der Waals surface area contributed by atoms with Gasteiger partial charge in [-0.05, 0) is 63.0 Å². The molecule has 1 saturated carbocycles. The van der Waals surface area contributed by atoms with Gasteiger partial charge in [-0.1, -0.05) is 32.6 Å². The number of likely N-dealkylation sites (tertiary alicyclic amines) is 1. The van der Waals surface area contributed by atoms with E-state index in [0.29, 0.717) is 36.4 Å². The van der Waals surface area contributed by atoms with Gasteiger partial charge in [-0.2, -0.15) is 4.99 Å². The molecular formula is C23H40N8. The SMILES string of the molecule is CCN1CCCC1CNC(N=C(N)Nc1ccc(N)cc1)=NCNC1CCCCCC1. The Bertz CT molecular complexity index is 707. The normalized spacial score (nSPS) is 21.8. The highest BCUT2D eigenvalue weighted by Gasteiger charge is 2.22. The van der Waals surface area contributed by atoms with Crippen LogP contribution in [0, 0.1) is 0 Å². The number of benzene rings is 1. The van der Waals surface area contributed by atoms with Crippen LogP contribution in [-0.2, 0) is 0 Å². The first-order valence-corrected chi connectivity index (χ1v) is 11.9. The van der Waals surface area contributed by atoms with E-state index in [0.717, 1.165) is 18.8 Å². The van der Waals surface area contributed by atoms with Crippen molar-refractivity contribution in [3.8, 4) is 0 Å². The summed E-state index contributed by atoms with van der Waals surface area (Å²) in [5, 5.41) is 10.1. The van der Waals surface area contributed by atoms with Gasteiger partial charge in [0.05, 0.1) is 6.67 Å². The zero-order chi connectivity index (χ0) is 21.9. The average molecular weight is 429 g/mol. The summed E-state index contributed by atoms with van der Waals surface area (Å²) < 4.78 is 0. The predicted molar refractivity (Wildman–Crippen MR) is 131 cm³/mol. The lowest BCUT2D eigenvalue weighted by atomic mass is 10.1. The molecule has 0 bridgehead atoms. The predicted octanol–water partition coefficient (Wildman–Crippen LogP) is 2.70. The van der Waals surface area contributed by atoms with Crippen LogP contribution in [0.2, 0.25) is 0 Å². The van der Waals surface area contributed by atoms with Crippen LogP contribution in [0.3, 0.4) is 0 Å². The van der Waals surface area contributed by atoms with Crippen LogP contribution in [0.5, 0.6) is 0 Å². The maximum absolute atomic E-state index is 6.17. The van der Waals surface area contributed by atoms with E-state index in [1.165, 1.54) is 57.9 Å². The van der Waals surface area contributed by atoms with E-state index in [-0.39, 0.29) is 0 Å². The second-order valence-electron chi connectivity index (χ2n) is 8.58. The van der Waals surface area contributed by atoms with Gasteiger partial charge >= 0.3 is 0 Å². The van der Waals surface area contributed by atoms with Crippen molar-refractivity contribution in [3.63, 3.8) is 0 Å². The van der Waals surface area contributed by atoms with Gasteiger partial charge in [0.2, 0.25) is 11.9 Å². The minimum absolute atomic E-state index is 0.309. The monoisotopic (exact) mass is 428 g/mol. The van der Waals surface area contributed by atoms with E-state index in [1.54, 1.807) is 0 Å². The minimum atomic E-state index is 0.309. The second-order valence-corrected chi connectivity index (χ2v) is 8.58. The van der Waals surface area contributed by atoms with Gasteiger partial charge in [0.25, 0.3) is 0 Å². The number of aliphatic imine (C=N–C) groups is 2. The van der Waals surface area contributed by atoms with Crippen molar-refractivity contribution in [2.45, 2.75) is 70.4 Å². The number of anilines is 2. The Morgan fingerprint density at radius 2 is 1.81 bits per heavy atom. The number of hydrogen-bond acceptors (Lipinski definition) is 4. The number of nitrogens with two attached hydrogens (primary N) is 2. The molecule has 1 aromatic carbocycles. The van der Waals surface area contributed by atoms with Crippen LogP contribution in [0.1, 0.15) is 58.3 Å². The van der Waals surface area contributed by atoms with Gasteiger partial charge in [0.15, 0.2) is 0 Å². The smallest absolute Gasteiger partial charge is 0.222 e. The van der Waals surface area contributed by atoms with E-state index in [9.17, 15) is 0 Å². The van der Waals surface area contributed by atoms with E-state index in [2.05, 4.69) is 32.8 Å². The first-order chi connectivity index (χ1) is 15.1. The van der Waals surface area contributed by atoms with Gasteiger partial charge in [-0.15, -0.1) is 0 Å². The third kappa shape index (κ3) is 8.03. The summed E-state index contributed by atoms with van der Waals surface area (Å²) in [5.74, 6) is 0.883. The maximum Gasteiger partial charge on any atom is 0.222 e. The Kier molecular flexibility index (Phi) is 9.42. The number of nitrogen functional groups attached to an aromatic ring is 1. The third-order valence-electron chi connectivity index (χ3n) is 6.27. The lowest BCUT2D eigenvalue weighted by Gasteiger charge is -2.23. The van der Waals surface area contributed by atoms with Crippen molar-refractivity contribution in [1.82, 2.24) is 15.5 Å². The van der Waals surface area contributed by atoms with Crippen LogP contribution in [0.15, 0.2) is 34.3 Å². The van der Waals surface area contributed by atoms with E-state index < -0.39 is 0 Å². The molecule has 31 heavy (non-hydrogen) atoms. The van der Waals surface area contributed by atoms with Crippen LogP contribution in [-0.4, -0.2) is 55.2 Å². The van der Waals surface area contributed by atoms with Gasteiger partial charge in [-0.3, -0.25) is 10.2 Å². The lowest BCUT2D eigenvalue weighted by molar-refractivity contribution is 0.267. The van der Waals surface area contributed by atoms with E-state index >= 15 is 0 Å². The zero-order valence-corrected chi connectivity index (χ0v) is 18.9. The lowest BCUT2D eigenvalue weighted by Crippen LogP contribution is -2.41. The maximum atomic E-state index is 6.17. The van der Waals surface area contributed by atoms with Crippen molar-refractivity contribution in [3.05, 3.63) is 24.3 Å². The van der Waals surface area contributed by atoms with Crippen molar-refractivity contribution in [2.75, 3.05) is 37.4 Å². The molecule has 1 aliphatic carbocycles. The fourth-order valence-electron chi connectivity index (χ4n) is 4.47. The first-order valence-electron chi connectivity index (χ1n) is 11.9. The summed E-state index contributed by atoms with van der Waals surface area (Å²) >= 11 is 0. The highest BCUT2D eigenvalue weighted by atomic mass is 15.2. The van der Waals surface area contributed by atoms with E-state index in [1.807, 2.05) is 24.3 Å². The molecule has 3 rings (SSSR count). The highest BCUT2D eigenvalue weighted by Crippen LogP contribution is 2.17. The Hall–Kier alpha value is -2.32. The van der Waals surface area contributed by atoms with Gasteiger partial charge in [0, 0.05) is 30.0 Å². The molecule has 0 aromatic heterocycles. The third-order valence-corrected chi connectivity index (χ3v) is 6.27. The van der Waals surface area contributed by atoms with Gasteiger partial charge < -0.3 is 22.1 Å². The molecule has 0 spiro atoms. The first kappa shape index (κ1) is 23.3. The number of guanidine groups is 2. The summed E-state index contributed by atoms with van der Waals surface area (Å²) in [6.07, 6.45) is 10.2. The summed E-state index contributed by atoms with van der Waals surface area (Å²) in [4.78, 5) is 11.8. The quantitative estimate of drug-likeness (QED) is 0.197. The molecule has 0 amide bonds. The van der Waals surface area contributed by atoms with E-state index in [4.69, 9.17) is 16.5 Å². The van der Waals surface area contributed by atoms with Crippen molar-refractivity contribution >= 4 is 23.3 Å². The van der Waals surface area contributed by atoms with Crippen molar-refractivity contribution < 1.29 is 0 Å². The summed E-state index contributed by atoms with van der Waals surface area (Å²) in [7, 11) is 0. The number of likely N-dealkylation sites (N-methyl/N-ethyl adjacent to an activating group) is 1. The van der Waals surface area contributed by atoms with Crippen LogP contribution in [0.25, 0.3) is 0 Å². The molecule has 2 aliphatic rings. The topological polar surface area (TPSA) is 116 Å². The molecule has 1 heterocycles. The Labute approximate surface area is 187 Å². The van der Waals surface area contributed by atoms with Crippen molar-refractivity contribution in [2.24, 2.45) is 15.7 Å². The molecule has 0 radical (unpaired) electrons. The fourth-order valence-corrected chi connectivity index (χ4v) is 4.47. The summed E-state index contributed by atoms with van der Waals surface area (Å²) in [6, 6.07) is 8.50. The van der Waals surface area contributed by atoms with Crippen LogP contribution >= 0.6 is 0 Å². The van der Waals surface area contributed by atoms with Crippen LogP contribution < -0.4 is 27.4 Å². The highest BCUT2D eigenvalue weighted by molar-refractivity contribution is 6.01. The molecular weight excluding hydrogens is 388 g/mol. The Morgan fingerprint density at radius 1 is 1.06 bits per heavy atom. The Morgan fingerprint density at radius 3 is 2.52 bits per heavy atom. The molecule has 1 unspecified atom stereocenters. The summed E-state index contributed by atoms with van der Waals surface area (Å²) in [5.41, 5.74) is 13.5. The number of rotatable bonds is 7. The number of nitrogens with zero attached hydrogens (tertiary/aromatic N) is 3. The van der Waals surface area contributed by atoms with Gasteiger partial charge in [-0.25, -0.2) is 4.99 Å². The van der Waals surface area contributed by atoms with Gasteiger partial charge in [0.1, 0.15) is 0 Å².